The summed E-state index contributed by atoms with van der Waals surface area (Å²) >= 11 is 0. The average molecular weight is 232 g/mol. The van der Waals surface area contributed by atoms with E-state index in [-0.39, 0.29) is 11.7 Å². The molecule has 0 spiro atoms. The molecule has 1 aliphatic carbocycles. The van der Waals surface area contributed by atoms with Gasteiger partial charge in [-0.15, -0.1) is 0 Å². The Morgan fingerprint density at radius 1 is 1.35 bits per heavy atom. The van der Waals surface area contributed by atoms with Crippen LogP contribution in [-0.4, -0.2) is 11.9 Å². The van der Waals surface area contributed by atoms with Crippen molar-refractivity contribution in [3.8, 4) is 5.75 Å². The molecule has 1 unspecified atom stereocenters. The van der Waals surface area contributed by atoms with Gasteiger partial charge < -0.3 is 4.74 Å². The fourth-order valence-electron chi connectivity index (χ4n) is 1.92. The molecule has 1 aliphatic rings. The maximum absolute atomic E-state index is 12.0. The number of hydrogen-bond donors (Lipinski definition) is 0. The van der Waals surface area contributed by atoms with Crippen LogP contribution in [0, 0.1) is 5.92 Å². The third-order valence-corrected chi connectivity index (χ3v) is 3.14. The molecule has 1 fully saturated rings. The third-order valence-electron chi connectivity index (χ3n) is 3.14. The van der Waals surface area contributed by atoms with Gasteiger partial charge in [0.1, 0.15) is 5.75 Å². The van der Waals surface area contributed by atoms with Crippen LogP contribution < -0.4 is 4.74 Å². The van der Waals surface area contributed by atoms with Crippen LogP contribution in [0.4, 0.5) is 0 Å². The molecule has 0 bridgehead atoms. The van der Waals surface area contributed by atoms with Crippen LogP contribution in [0.2, 0.25) is 0 Å². The van der Waals surface area contributed by atoms with Gasteiger partial charge in [0, 0.05) is 11.5 Å². The van der Waals surface area contributed by atoms with E-state index in [1.54, 1.807) is 0 Å². The molecule has 1 aromatic rings. The predicted octanol–water partition coefficient (Wildman–Crippen LogP) is 3.85. The summed E-state index contributed by atoms with van der Waals surface area (Å²) < 4.78 is 5.66. The van der Waals surface area contributed by atoms with Gasteiger partial charge in [0.25, 0.3) is 0 Å². The normalized spacial score (nSPS) is 16.6. The summed E-state index contributed by atoms with van der Waals surface area (Å²) in [6.45, 7) is 4.11. The summed E-state index contributed by atoms with van der Waals surface area (Å²) in [6, 6.07) is 7.58. The van der Waals surface area contributed by atoms with Crippen molar-refractivity contribution >= 4 is 5.78 Å². The second-order valence-corrected chi connectivity index (χ2v) is 4.90. The van der Waals surface area contributed by atoms with Gasteiger partial charge in [-0.2, -0.15) is 0 Å². The minimum Gasteiger partial charge on any atom is -0.490 e. The van der Waals surface area contributed by atoms with Gasteiger partial charge in [0.15, 0.2) is 5.78 Å². The largest absolute Gasteiger partial charge is 0.490 e. The van der Waals surface area contributed by atoms with Crippen molar-refractivity contribution in [2.24, 2.45) is 5.92 Å². The Bertz CT molecular complexity index is 376. The zero-order valence-corrected chi connectivity index (χ0v) is 10.6. The van der Waals surface area contributed by atoms with Crippen LogP contribution in [0.25, 0.3) is 0 Å². The quantitative estimate of drug-likeness (QED) is 0.696. The molecule has 0 aromatic heterocycles. The molecule has 0 amide bonds. The van der Waals surface area contributed by atoms with Gasteiger partial charge >= 0.3 is 0 Å². The van der Waals surface area contributed by atoms with Crippen molar-refractivity contribution in [2.45, 2.75) is 45.6 Å². The van der Waals surface area contributed by atoms with E-state index < -0.39 is 0 Å². The molecule has 1 atom stereocenters. The van der Waals surface area contributed by atoms with Gasteiger partial charge in [0.2, 0.25) is 0 Å². The number of rotatable bonds is 6. The van der Waals surface area contributed by atoms with E-state index in [4.69, 9.17) is 4.74 Å². The second kappa shape index (κ2) is 5.35. The Balaban J connectivity index is 1.98. The maximum atomic E-state index is 12.0. The van der Waals surface area contributed by atoms with Crippen LogP contribution in [-0.2, 0) is 0 Å². The summed E-state index contributed by atoms with van der Waals surface area (Å²) in [5.41, 5.74) is 0.800. The van der Waals surface area contributed by atoms with Gasteiger partial charge in [-0.25, -0.2) is 0 Å². The van der Waals surface area contributed by atoms with Gasteiger partial charge in [0.05, 0.1) is 6.10 Å². The number of ketones is 1. The fourth-order valence-corrected chi connectivity index (χ4v) is 1.92. The van der Waals surface area contributed by atoms with Crippen molar-refractivity contribution in [3.05, 3.63) is 29.8 Å². The number of benzene rings is 1. The SMILES string of the molecule is CCCC(C)C(=O)c1ccc(OC2CC2)cc1. The fraction of sp³-hybridized carbons (Fsp3) is 0.533. The third kappa shape index (κ3) is 3.32. The maximum Gasteiger partial charge on any atom is 0.165 e. The summed E-state index contributed by atoms with van der Waals surface area (Å²) in [6.07, 6.45) is 4.74. The van der Waals surface area contributed by atoms with E-state index in [0.29, 0.717) is 6.10 Å². The van der Waals surface area contributed by atoms with Crippen molar-refractivity contribution in [1.29, 1.82) is 0 Å². The topological polar surface area (TPSA) is 26.3 Å². The van der Waals surface area contributed by atoms with Crippen molar-refractivity contribution in [3.63, 3.8) is 0 Å². The van der Waals surface area contributed by atoms with Gasteiger partial charge in [-0.05, 0) is 43.5 Å². The predicted molar refractivity (Wildman–Crippen MR) is 68.5 cm³/mol. The Morgan fingerprint density at radius 2 is 2.00 bits per heavy atom. The molecule has 0 radical (unpaired) electrons. The number of ether oxygens (including phenoxy) is 1. The molecule has 0 saturated heterocycles. The summed E-state index contributed by atoms with van der Waals surface area (Å²) in [5, 5.41) is 0. The Hall–Kier alpha value is -1.31. The summed E-state index contributed by atoms with van der Waals surface area (Å²) in [7, 11) is 0. The van der Waals surface area contributed by atoms with Crippen molar-refractivity contribution in [2.75, 3.05) is 0 Å². The lowest BCUT2D eigenvalue weighted by Gasteiger charge is -2.10. The highest BCUT2D eigenvalue weighted by atomic mass is 16.5. The molecule has 17 heavy (non-hydrogen) atoms. The Labute approximate surface area is 103 Å². The monoisotopic (exact) mass is 232 g/mol. The van der Waals surface area contributed by atoms with Crippen LogP contribution in [0.15, 0.2) is 24.3 Å². The molecule has 0 aliphatic heterocycles. The van der Waals surface area contributed by atoms with E-state index in [1.807, 2.05) is 31.2 Å². The molecular weight excluding hydrogens is 212 g/mol. The zero-order valence-electron chi connectivity index (χ0n) is 10.6. The first-order valence-electron chi connectivity index (χ1n) is 6.51. The van der Waals surface area contributed by atoms with E-state index in [0.717, 1.165) is 37.0 Å². The molecule has 2 nitrogen and oxygen atoms in total. The second-order valence-electron chi connectivity index (χ2n) is 4.90. The average Bonchev–Trinajstić information content (AvgIpc) is 3.13. The van der Waals surface area contributed by atoms with Gasteiger partial charge in [-0.3, -0.25) is 4.79 Å². The molecular formula is C15H20O2. The van der Waals surface area contributed by atoms with Crippen LogP contribution in [0.1, 0.15) is 49.9 Å². The lowest BCUT2D eigenvalue weighted by molar-refractivity contribution is 0.0923. The van der Waals surface area contributed by atoms with E-state index in [9.17, 15) is 4.79 Å². The molecule has 1 aromatic carbocycles. The van der Waals surface area contributed by atoms with Crippen molar-refractivity contribution in [1.82, 2.24) is 0 Å². The highest BCUT2D eigenvalue weighted by Crippen LogP contribution is 2.27. The number of carbonyl (C=O) groups excluding carboxylic acids is 1. The minimum atomic E-state index is 0.121. The number of hydrogen-bond acceptors (Lipinski definition) is 2. The summed E-state index contributed by atoms with van der Waals surface area (Å²) in [5.74, 6) is 1.24. The first kappa shape index (κ1) is 12.2. The first-order valence-corrected chi connectivity index (χ1v) is 6.51. The van der Waals surface area contributed by atoms with E-state index >= 15 is 0 Å². The molecule has 0 heterocycles. The zero-order chi connectivity index (χ0) is 12.3. The minimum absolute atomic E-state index is 0.121. The van der Waals surface area contributed by atoms with Crippen LogP contribution >= 0.6 is 0 Å². The van der Waals surface area contributed by atoms with Gasteiger partial charge in [-0.1, -0.05) is 20.3 Å². The van der Waals surface area contributed by atoms with Crippen LogP contribution in [0.5, 0.6) is 5.75 Å². The Morgan fingerprint density at radius 3 is 2.53 bits per heavy atom. The molecule has 1 saturated carbocycles. The number of Topliss-reactive ketones (excluding diaryl/α,β-unsaturated/α-hetero) is 1. The molecule has 2 rings (SSSR count). The lowest BCUT2D eigenvalue weighted by Crippen LogP contribution is -2.10. The number of carbonyl (C=O) groups is 1. The molecule has 2 heteroatoms. The van der Waals surface area contributed by atoms with E-state index in [1.165, 1.54) is 0 Å². The lowest BCUT2D eigenvalue weighted by atomic mass is 9.95. The molecule has 0 N–H and O–H groups in total. The van der Waals surface area contributed by atoms with E-state index in [2.05, 4.69) is 6.92 Å². The highest BCUT2D eigenvalue weighted by molar-refractivity contribution is 5.97. The first-order chi connectivity index (χ1) is 8.20. The standard InChI is InChI=1S/C15H20O2/c1-3-4-11(2)15(16)12-5-7-13(8-6-12)17-14-9-10-14/h5-8,11,14H,3-4,9-10H2,1-2H3. The smallest absolute Gasteiger partial charge is 0.165 e. The highest BCUT2D eigenvalue weighted by Gasteiger charge is 2.23. The van der Waals surface area contributed by atoms with Crippen LogP contribution in [0.3, 0.4) is 0 Å². The summed E-state index contributed by atoms with van der Waals surface area (Å²) in [4.78, 5) is 12.0. The van der Waals surface area contributed by atoms with Crippen molar-refractivity contribution < 1.29 is 9.53 Å². The molecule has 92 valence electrons. The Kier molecular flexibility index (Phi) is 3.82.